The third kappa shape index (κ3) is 3.55. The van der Waals surface area contributed by atoms with Gasteiger partial charge in [-0.25, -0.2) is 0 Å². The first-order chi connectivity index (χ1) is 12.7. The Kier molecular flexibility index (Phi) is 4.83. The van der Waals surface area contributed by atoms with Gasteiger partial charge in [0.25, 0.3) is 0 Å². The van der Waals surface area contributed by atoms with Gasteiger partial charge in [0.2, 0.25) is 5.91 Å². The highest BCUT2D eigenvalue weighted by Crippen LogP contribution is 2.22. The monoisotopic (exact) mass is 370 g/mol. The van der Waals surface area contributed by atoms with Gasteiger partial charge in [0.1, 0.15) is 5.82 Å². The summed E-state index contributed by atoms with van der Waals surface area (Å²) in [6.45, 7) is 4.19. The number of carbonyl (C=O) groups is 1. The zero-order chi connectivity index (χ0) is 17.9. The van der Waals surface area contributed by atoms with E-state index in [4.69, 9.17) is 0 Å². The maximum atomic E-state index is 12.5. The summed E-state index contributed by atoms with van der Waals surface area (Å²) in [7, 11) is 0. The number of anilines is 1. The lowest BCUT2D eigenvalue weighted by Crippen LogP contribution is -2.43. The smallest absolute Gasteiger partial charge is 0.224 e. The van der Waals surface area contributed by atoms with Crippen molar-refractivity contribution in [2.24, 2.45) is 5.92 Å². The first-order valence-electron chi connectivity index (χ1n) is 8.95. The third-order valence-corrected chi connectivity index (χ3v) is 5.71. The van der Waals surface area contributed by atoms with E-state index < -0.39 is 0 Å². The zero-order valence-corrected chi connectivity index (χ0v) is 15.6. The first-order valence-corrected chi connectivity index (χ1v) is 9.83. The summed E-state index contributed by atoms with van der Waals surface area (Å²) in [6, 6.07) is 8.03. The van der Waals surface area contributed by atoms with Gasteiger partial charge >= 0.3 is 0 Å². The standard InChI is InChI=1S/C18H22N6OS/c1-13-20-21-16-6-7-17(22-24(13)16)23-10-2-4-14(12-23)18(25)19-9-8-15-5-3-11-26-15/h3,5-7,11,14H,2,4,8-10,12H2,1H3,(H,19,25)/t14-/m1/s1. The highest BCUT2D eigenvalue weighted by molar-refractivity contribution is 7.09. The maximum Gasteiger partial charge on any atom is 0.224 e. The van der Waals surface area contributed by atoms with Crippen molar-refractivity contribution in [3.63, 3.8) is 0 Å². The minimum Gasteiger partial charge on any atom is -0.355 e. The van der Waals surface area contributed by atoms with Crippen molar-refractivity contribution < 1.29 is 4.79 Å². The van der Waals surface area contributed by atoms with E-state index in [0.717, 1.165) is 43.1 Å². The Balaban J connectivity index is 1.38. The zero-order valence-electron chi connectivity index (χ0n) is 14.8. The third-order valence-electron chi connectivity index (χ3n) is 4.77. The number of carbonyl (C=O) groups excluding carboxylic acids is 1. The fourth-order valence-electron chi connectivity index (χ4n) is 3.36. The van der Waals surface area contributed by atoms with E-state index in [1.807, 2.05) is 25.1 Å². The average molecular weight is 370 g/mol. The molecule has 1 atom stereocenters. The number of hydrogen-bond donors (Lipinski definition) is 1. The molecule has 0 bridgehead atoms. The van der Waals surface area contributed by atoms with Crippen molar-refractivity contribution in [3.8, 4) is 0 Å². The van der Waals surface area contributed by atoms with Crippen LogP contribution < -0.4 is 10.2 Å². The van der Waals surface area contributed by atoms with Gasteiger partial charge in [0.05, 0.1) is 5.92 Å². The summed E-state index contributed by atoms with van der Waals surface area (Å²) in [5.41, 5.74) is 0.742. The molecule has 8 heteroatoms. The van der Waals surface area contributed by atoms with E-state index in [1.54, 1.807) is 15.9 Å². The van der Waals surface area contributed by atoms with Crippen LogP contribution >= 0.6 is 11.3 Å². The van der Waals surface area contributed by atoms with E-state index >= 15 is 0 Å². The molecule has 0 aromatic carbocycles. The van der Waals surface area contributed by atoms with Gasteiger partial charge < -0.3 is 10.2 Å². The normalized spacial score (nSPS) is 17.6. The molecule has 1 aliphatic heterocycles. The molecule has 0 aliphatic carbocycles. The predicted octanol–water partition coefficient (Wildman–Crippen LogP) is 2.07. The Morgan fingerprint density at radius 2 is 2.27 bits per heavy atom. The number of piperidine rings is 1. The van der Waals surface area contributed by atoms with Crippen LogP contribution in [0.2, 0.25) is 0 Å². The number of rotatable bonds is 5. The van der Waals surface area contributed by atoms with Gasteiger partial charge in [0.15, 0.2) is 11.5 Å². The second-order valence-corrected chi connectivity index (χ2v) is 7.65. The van der Waals surface area contributed by atoms with Crippen molar-refractivity contribution in [2.75, 3.05) is 24.5 Å². The molecule has 3 aromatic rings. The summed E-state index contributed by atoms with van der Waals surface area (Å²) >= 11 is 1.73. The molecule has 1 saturated heterocycles. The number of thiophene rings is 1. The van der Waals surface area contributed by atoms with Crippen molar-refractivity contribution in [1.29, 1.82) is 0 Å². The largest absolute Gasteiger partial charge is 0.355 e. The summed E-state index contributed by atoms with van der Waals surface area (Å²) in [4.78, 5) is 16.0. The van der Waals surface area contributed by atoms with Crippen molar-refractivity contribution in [3.05, 3.63) is 40.3 Å². The molecular formula is C18H22N6OS. The number of aromatic nitrogens is 4. The van der Waals surface area contributed by atoms with Crippen LogP contribution in [0.1, 0.15) is 23.5 Å². The first kappa shape index (κ1) is 17.0. The molecule has 0 unspecified atom stereocenters. The van der Waals surface area contributed by atoms with Crippen LogP contribution in [0.4, 0.5) is 5.82 Å². The van der Waals surface area contributed by atoms with Gasteiger partial charge in [0, 0.05) is 24.5 Å². The van der Waals surface area contributed by atoms with Crippen molar-refractivity contribution >= 4 is 28.7 Å². The van der Waals surface area contributed by atoms with Crippen LogP contribution in [-0.4, -0.2) is 45.4 Å². The molecule has 136 valence electrons. The van der Waals surface area contributed by atoms with Crippen LogP contribution in [0.15, 0.2) is 29.6 Å². The van der Waals surface area contributed by atoms with Crippen LogP contribution in [-0.2, 0) is 11.2 Å². The molecule has 1 fully saturated rings. The van der Waals surface area contributed by atoms with Gasteiger partial charge in [-0.1, -0.05) is 6.07 Å². The molecule has 3 aromatic heterocycles. The lowest BCUT2D eigenvalue weighted by Gasteiger charge is -2.32. The molecule has 1 amide bonds. The van der Waals surface area contributed by atoms with Crippen molar-refractivity contribution in [1.82, 2.24) is 25.1 Å². The summed E-state index contributed by atoms with van der Waals surface area (Å²) in [5.74, 6) is 1.79. The van der Waals surface area contributed by atoms with E-state index in [1.165, 1.54) is 4.88 Å². The van der Waals surface area contributed by atoms with Crippen LogP contribution in [0, 0.1) is 12.8 Å². The molecule has 4 heterocycles. The highest BCUT2D eigenvalue weighted by Gasteiger charge is 2.26. The average Bonchev–Trinajstić information content (AvgIpc) is 3.32. The number of nitrogens with one attached hydrogen (secondary N) is 1. The number of nitrogens with zero attached hydrogens (tertiary/aromatic N) is 5. The number of fused-ring (bicyclic) bond motifs is 1. The number of aryl methyl sites for hydroxylation is 1. The molecule has 7 nitrogen and oxygen atoms in total. The molecule has 4 rings (SSSR count). The minimum atomic E-state index is 0.00610. The molecule has 0 saturated carbocycles. The molecular weight excluding hydrogens is 348 g/mol. The SMILES string of the molecule is Cc1nnc2ccc(N3CCC[C@@H](C(=O)NCCc4cccs4)C3)nn12. The lowest BCUT2D eigenvalue weighted by atomic mass is 9.97. The minimum absolute atomic E-state index is 0.00610. The second kappa shape index (κ2) is 7.41. The lowest BCUT2D eigenvalue weighted by molar-refractivity contribution is -0.125. The van der Waals surface area contributed by atoms with Gasteiger partial charge in [-0.05, 0) is 49.8 Å². The van der Waals surface area contributed by atoms with Crippen LogP contribution in [0.25, 0.3) is 5.65 Å². The van der Waals surface area contributed by atoms with Crippen LogP contribution in [0.5, 0.6) is 0 Å². The number of hydrogen-bond acceptors (Lipinski definition) is 6. The van der Waals surface area contributed by atoms with Crippen LogP contribution in [0.3, 0.4) is 0 Å². The highest BCUT2D eigenvalue weighted by atomic mass is 32.1. The number of amides is 1. The molecule has 0 radical (unpaired) electrons. The Morgan fingerprint density at radius 1 is 1.35 bits per heavy atom. The van der Waals surface area contributed by atoms with E-state index in [9.17, 15) is 4.79 Å². The fraction of sp³-hybridized carbons (Fsp3) is 0.444. The topological polar surface area (TPSA) is 75.4 Å². The summed E-state index contributed by atoms with van der Waals surface area (Å²) in [5, 5.41) is 17.9. The molecule has 26 heavy (non-hydrogen) atoms. The molecule has 1 aliphatic rings. The Labute approximate surface area is 156 Å². The Morgan fingerprint density at radius 3 is 3.12 bits per heavy atom. The predicted molar refractivity (Wildman–Crippen MR) is 101 cm³/mol. The van der Waals surface area contributed by atoms with Gasteiger partial charge in [-0.15, -0.1) is 26.6 Å². The summed E-state index contributed by atoms with van der Waals surface area (Å²) in [6.07, 6.45) is 2.81. The Bertz CT molecular complexity index is 890. The summed E-state index contributed by atoms with van der Waals surface area (Å²) < 4.78 is 1.75. The Hall–Kier alpha value is -2.48. The second-order valence-electron chi connectivity index (χ2n) is 6.61. The quantitative estimate of drug-likeness (QED) is 0.744. The van der Waals surface area contributed by atoms with E-state index in [0.29, 0.717) is 13.1 Å². The molecule has 1 N–H and O–H groups in total. The fourth-order valence-corrected chi connectivity index (χ4v) is 4.07. The molecule has 0 spiro atoms. The van der Waals surface area contributed by atoms with Gasteiger partial charge in [-0.3, -0.25) is 4.79 Å². The van der Waals surface area contributed by atoms with Gasteiger partial charge in [-0.2, -0.15) is 4.52 Å². The maximum absolute atomic E-state index is 12.5. The van der Waals surface area contributed by atoms with E-state index in [-0.39, 0.29) is 11.8 Å². The van der Waals surface area contributed by atoms with E-state index in [2.05, 4.69) is 37.0 Å². The van der Waals surface area contributed by atoms with Crippen molar-refractivity contribution in [2.45, 2.75) is 26.2 Å².